The highest BCUT2D eigenvalue weighted by molar-refractivity contribution is 5.44. The van der Waals surface area contributed by atoms with Crippen molar-refractivity contribution in [2.24, 2.45) is 5.92 Å². The maximum Gasteiger partial charge on any atom is 0.141 e. The molecule has 1 aromatic heterocycles. The molecule has 1 aliphatic rings. The van der Waals surface area contributed by atoms with E-state index >= 15 is 0 Å². The first kappa shape index (κ1) is 14.3. The third-order valence-corrected chi connectivity index (χ3v) is 3.80. The molecule has 3 nitrogen and oxygen atoms in total. The molecule has 0 unspecified atom stereocenters. The van der Waals surface area contributed by atoms with Gasteiger partial charge in [0.2, 0.25) is 0 Å². The lowest BCUT2D eigenvalue weighted by molar-refractivity contribution is 0.517. The van der Waals surface area contributed by atoms with Crippen molar-refractivity contribution in [1.82, 2.24) is 10.3 Å². The monoisotopic (exact) mass is 265 g/mol. The normalized spacial score (nSPS) is 14.9. The molecule has 0 bridgehead atoms. The van der Waals surface area contributed by atoms with E-state index in [2.05, 4.69) is 29.5 Å². The SMILES string of the molecule is CCC(CC)CNc1ncc(F)cc1CNC1CC1. The maximum atomic E-state index is 13.3. The topological polar surface area (TPSA) is 37.0 Å². The minimum absolute atomic E-state index is 0.263. The van der Waals surface area contributed by atoms with Gasteiger partial charge >= 0.3 is 0 Å². The third-order valence-electron chi connectivity index (χ3n) is 3.80. The summed E-state index contributed by atoms with van der Waals surface area (Å²) in [6.07, 6.45) is 6.06. The van der Waals surface area contributed by atoms with Gasteiger partial charge in [0.25, 0.3) is 0 Å². The Morgan fingerprint density at radius 3 is 2.74 bits per heavy atom. The quantitative estimate of drug-likeness (QED) is 0.757. The summed E-state index contributed by atoms with van der Waals surface area (Å²) in [6.45, 7) is 6.00. The molecule has 1 aromatic rings. The van der Waals surface area contributed by atoms with E-state index in [4.69, 9.17) is 0 Å². The molecular formula is C15H24FN3. The van der Waals surface area contributed by atoms with Crippen LogP contribution in [0, 0.1) is 11.7 Å². The molecule has 2 rings (SSSR count). The van der Waals surface area contributed by atoms with Crippen molar-refractivity contribution in [1.29, 1.82) is 0 Å². The van der Waals surface area contributed by atoms with Gasteiger partial charge in [-0.15, -0.1) is 0 Å². The van der Waals surface area contributed by atoms with Crippen LogP contribution in [0.25, 0.3) is 0 Å². The van der Waals surface area contributed by atoms with Crippen molar-refractivity contribution in [2.45, 2.75) is 52.1 Å². The Bertz CT molecular complexity index is 400. The Labute approximate surface area is 115 Å². The second-order valence-electron chi connectivity index (χ2n) is 5.38. The summed E-state index contributed by atoms with van der Waals surface area (Å²) in [4.78, 5) is 4.19. The number of pyridine rings is 1. The van der Waals surface area contributed by atoms with Gasteiger partial charge in [-0.1, -0.05) is 26.7 Å². The van der Waals surface area contributed by atoms with Crippen molar-refractivity contribution < 1.29 is 4.39 Å². The third kappa shape index (κ3) is 4.46. The van der Waals surface area contributed by atoms with Gasteiger partial charge in [0.15, 0.2) is 0 Å². The molecule has 4 heteroatoms. The second-order valence-corrected chi connectivity index (χ2v) is 5.38. The summed E-state index contributed by atoms with van der Waals surface area (Å²) in [5.74, 6) is 1.21. The van der Waals surface area contributed by atoms with Crippen molar-refractivity contribution >= 4 is 5.82 Å². The Morgan fingerprint density at radius 2 is 2.11 bits per heavy atom. The highest BCUT2D eigenvalue weighted by atomic mass is 19.1. The Morgan fingerprint density at radius 1 is 1.37 bits per heavy atom. The summed E-state index contributed by atoms with van der Waals surface area (Å²) in [5, 5.41) is 6.78. The number of hydrogen-bond acceptors (Lipinski definition) is 3. The van der Waals surface area contributed by atoms with Gasteiger partial charge in [-0.2, -0.15) is 0 Å². The van der Waals surface area contributed by atoms with Crippen LogP contribution in [-0.4, -0.2) is 17.6 Å². The highest BCUT2D eigenvalue weighted by Crippen LogP contribution is 2.21. The van der Waals surface area contributed by atoms with Gasteiger partial charge in [-0.05, 0) is 24.8 Å². The van der Waals surface area contributed by atoms with Crippen molar-refractivity contribution in [3.63, 3.8) is 0 Å². The maximum absolute atomic E-state index is 13.3. The molecule has 19 heavy (non-hydrogen) atoms. The molecule has 1 heterocycles. The predicted octanol–water partition coefficient (Wildman–Crippen LogP) is 3.32. The summed E-state index contributed by atoms with van der Waals surface area (Å²) in [6, 6.07) is 2.20. The number of halogens is 1. The molecule has 1 saturated carbocycles. The van der Waals surface area contributed by atoms with E-state index < -0.39 is 0 Å². The van der Waals surface area contributed by atoms with Crippen LogP contribution < -0.4 is 10.6 Å². The minimum atomic E-state index is -0.263. The van der Waals surface area contributed by atoms with E-state index in [9.17, 15) is 4.39 Å². The molecule has 0 aromatic carbocycles. The number of aromatic nitrogens is 1. The molecular weight excluding hydrogens is 241 g/mol. The fourth-order valence-electron chi connectivity index (χ4n) is 2.14. The van der Waals surface area contributed by atoms with E-state index in [1.54, 1.807) is 6.07 Å². The molecule has 2 N–H and O–H groups in total. The molecule has 106 valence electrons. The number of nitrogens with zero attached hydrogens (tertiary/aromatic N) is 1. The smallest absolute Gasteiger partial charge is 0.141 e. The van der Waals surface area contributed by atoms with Gasteiger partial charge in [-0.3, -0.25) is 0 Å². The van der Waals surface area contributed by atoms with E-state index in [1.807, 2.05) is 0 Å². The van der Waals surface area contributed by atoms with Gasteiger partial charge < -0.3 is 10.6 Å². The lowest BCUT2D eigenvalue weighted by Crippen LogP contribution is -2.19. The van der Waals surface area contributed by atoms with Crippen LogP contribution in [-0.2, 0) is 6.54 Å². The zero-order valence-electron chi connectivity index (χ0n) is 11.9. The lowest BCUT2D eigenvalue weighted by Gasteiger charge is -2.16. The molecule has 0 atom stereocenters. The summed E-state index contributed by atoms with van der Waals surface area (Å²) in [7, 11) is 0. The van der Waals surface area contributed by atoms with Gasteiger partial charge in [0.1, 0.15) is 11.6 Å². The highest BCUT2D eigenvalue weighted by Gasteiger charge is 2.20. The van der Waals surface area contributed by atoms with Crippen LogP contribution in [0.5, 0.6) is 0 Å². The number of nitrogens with one attached hydrogen (secondary N) is 2. The van der Waals surface area contributed by atoms with Gasteiger partial charge in [-0.25, -0.2) is 9.37 Å². The van der Waals surface area contributed by atoms with Crippen LogP contribution in [0.1, 0.15) is 45.1 Å². The zero-order valence-corrected chi connectivity index (χ0v) is 11.9. The Balaban J connectivity index is 1.96. The Kier molecular flexibility index (Phi) is 5.14. The zero-order chi connectivity index (χ0) is 13.7. The standard InChI is InChI=1S/C15H24FN3/c1-3-11(4-2)8-18-15-12(7-13(16)10-19-15)9-17-14-5-6-14/h7,10-11,14,17H,3-6,8-9H2,1-2H3,(H,18,19). The molecule has 0 aliphatic heterocycles. The molecule has 0 spiro atoms. The average Bonchev–Trinajstić information content (AvgIpc) is 3.23. The first-order valence-electron chi connectivity index (χ1n) is 7.34. The summed E-state index contributed by atoms with van der Waals surface area (Å²) >= 11 is 0. The molecule has 0 radical (unpaired) electrons. The second kappa shape index (κ2) is 6.85. The molecule has 1 aliphatic carbocycles. The van der Waals surface area contributed by atoms with Crippen LogP contribution in [0.15, 0.2) is 12.3 Å². The van der Waals surface area contributed by atoms with Crippen LogP contribution in [0.3, 0.4) is 0 Å². The van der Waals surface area contributed by atoms with Crippen molar-refractivity contribution in [2.75, 3.05) is 11.9 Å². The lowest BCUT2D eigenvalue weighted by atomic mass is 10.0. The number of anilines is 1. The minimum Gasteiger partial charge on any atom is -0.370 e. The van der Waals surface area contributed by atoms with Crippen LogP contribution in [0.4, 0.5) is 10.2 Å². The largest absolute Gasteiger partial charge is 0.370 e. The van der Waals surface area contributed by atoms with E-state index in [-0.39, 0.29) is 5.82 Å². The predicted molar refractivity (Wildman–Crippen MR) is 76.6 cm³/mol. The van der Waals surface area contributed by atoms with E-state index in [1.165, 1.54) is 19.0 Å². The molecule has 0 saturated heterocycles. The number of rotatable bonds is 8. The van der Waals surface area contributed by atoms with E-state index in [0.29, 0.717) is 18.5 Å². The van der Waals surface area contributed by atoms with Crippen molar-refractivity contribution in [3.05, 3.63) is 23.6 Å². The fraction of sp³-hybridized carbons (Fsp3) is 0.667. The first-order chi connectivity index (χ1) is 9.22. The first-order valence-corrected chi connectivity index (χ1v) is 7.34. The Hall–Kier alpha value is -1.16. The van der Waals surface area contributed by atoms with Crippen LogP contribution >= 0.6 is 0 Å². The molecule has 0 amide bonds. The van der Waals surface area contributed by atoms with Gasteiger partial charge in [0, 0.05) is 24.7 Å². The summed E-state index contributed by atoms with van der Waals surface area (Å²) < 4.78 is 13.3. The van der Waals surface area contributed by atoms with Crippen molar-refractivity contribution in [3.8, 4) is 0 Å². The average molecular weight is 265 g/mol. The summed E-state index contributed by atoms with van der Waals surface area (Å²) in [5.41, 5.74) is 0.929. The molecule has 1 fully saturated rings. The number of hydrogen-bond donors (Lipinski definition) is 2. The van der Waals surface area contributed by atoms with Gasteiger partial charge in [0.05, 0.1) is 6.20 Å². The van der Waals surface area contributed by atoms with Crippen LogP contribution in [0.2, 0.25) is 0 Å². The van der Waals surface area contributed by atoms with E-state index in [0.717, 1.165) is 30.8 Å². The fourth-order valence-corrected chi connectivity index (χ4v) is 2.14.